The smallest absolute Gasteiger partial charge is 0.257 e. The SMILES string of the molecule is Cc1ccc(CN2CCC(CNS(=O)(=O)c3cnc[nH]3)CC2)cc1. The Bertz CT molecular complexity index is 733. The van der Waals surface area contributed by atoms with Crippen LogP contribution in [0.1, 0.15) is 24.0 Å². The van der Waals surface area contributed by atoms with Crippen molar-refractivity contribution in [2.45, 2.75) is 31.3 Å². The number of sulfonamides is 1. The van der Waals surface area contributed by atoms with Crippen molar-refractivity contribution in [3.63, 3.8) is 0 Å². The van der Waals surface area contributed by atoms with Gasteiger partial charge in [-0.05, 0) is 44.3 Å². The van der Waals surface area contributed by atoms with Gasteiger partial charge in [-0.15, -0.1) is 0 Å². The number of aryl methyl sites for hydroxylation is 1. The topological polar surface area (TPSA) is 78.1 Å². The fourth-order valence-electron chi connectivity index (χ4n) is 3.00. The van der Waals surface area contributed by atoms with Crippen LogP contribution in [0.3, 0.4) is 0 Å². The molecule has 130 valence electrons. The van der Waals surface area contributed by atoms with Gasteiger partial charge in [-0.1, -0.05) is 29.8 Å². The van der Waals surface area contributed by atoms with E-state index in [2.05, 4.69) is 50.8 Å². The number of rotatable bonds is 6. The Morgan fingerprint density at radius 2 is 1.96 bits per heavy atom. The fourth-order valence-corrected chi connectivity index (χ4v) is 4.01. The Labute approximate surface area is 143 Å². The Morgan fingerprint density at radius 1 is 1.25 bits per heavy atom. The minimum atomic E-state index is -3.46. The van der Waals surface area contributed by atoms with Crippen LogP contribution in [-0.2, 0) is 16.6 Å². The summed E-state index contributed by atoms with van der Waals surface area (Å²) in [6, 6.07) is 8.65. The molecule has 3 rings (SSSR count). The normalized spacial score (nSPS) is 17.2. The van der Waals surface area contributed by atoms with Crippen LogP contribution < -0.4 is 4.72 Å². The molecule has 0 spiro atoms. The lowest BCUT2D eigenvalue weighted by Crippen LogP contribution is -2.38. The van der Waals surface area contributed by atoms with E-state index in [-0.39, 0.29) is 5.03 Å². The zero-order valence-electron chi connectivity index (χ0n) is 13.9. The minimum Gasteiger partial charge on any atom is -0.335 e. The van der Waals surface area contributed by atoms with Crippen LogP contribution in [0.2, 0.25) is 0 Å². The Morgan fingerprint density at radius 3 is 2.58 bits per heavy atom. The van der Waals surface area contributed by atoms with Gasteiger partial charge in [-0.3, -0.25) is 4.90 Å². The number of hydrogen-bond acceptors (Lipinski definition) is 4. The molecule has 0 bridgehead atoms. The highest BCUT2D eigenvalue weighted by molar-refractivity contribution is 7.89. The number of benzene rings is 1. The number of H-pyrrole nitrogens is 1. The number of likely N-dealkylation sites (tertiary alicyclic amines) is 1. The summed E-state index contributed by atoms with van der Waals surface area (Å²) in [7, 11) is -3.46. The van der Waals surface area contributed by atoms with Gasteiger partial charge in [-0.25, -0.2) is 18.1 Å². The highest BCUT2D eigenvalue weighted by atomic mass is 32.2. The molecule has 1 saturated heterocycles. The van der Waals surface area contributed by atoms with Crippen molar-refractivity contribution in [2.24, 2.45) is 5.92 Å². The van der Waals surface area contributed by atoms with Crippen LogP contribution in [0.4, 0.5) is 0 Å². The van der Waals surface area contributed by atoms with Gasteiger partial charge in [0, 0.05) is 13.1 Å². The summed E-state index contributed by atoms with van der Waals surface area (Å²) in [5, 5.41) is 0.124. The van der Waals surface area contributed by atoms with Gasteiger partial charge in [0.15, 0.2) is 5.03 Å². The number of nitrogens with zero attached hydrogens (tertiary/aromatic N) is 2. The van der Waals surface area contributed by atoms with E-state index in [1.54, 1.807) is 0 Å². The molecular formula is C17H24N4O2S. The number of aromatic amines is 1. The van der Waals surface area contributed by atoms with E-state index in [1.807, 2.05) is 0 Å². The predicted octanol–water partition coefficient (Wildman–Crippen LogP) is 1.91. The summed E-state index contributed by atoms with van der Waals surface area (Å²) in [6.07, 6.45) is 4.72. The Hall–Kier alpha value is -1.70. The first-order chi connectivity index (χ1) is 11.5. The maximum atomic E-state index is 12.1. The van der Waals surface area contributed by atoms with E-state index in [1.165, 1.54) is 23.7 Å². The van der Waals surface area contributed by atoms with E-state index in [0.717, 1.165) is 32.5 Å². The molecule has 0 amide bonds. The second-order valence-corrected chi connectivity index (χ2v) is 8.21. The molecule has 7 heteroatoms. The van der Waals surface area contributed by atoms with Crippen LogP contribution >= 0.6 is 0 Å². The quantitative estimate of drug-likeness (QED) is 0.836. The summed E-state index contributed by atoms with van der Waals surface area (Å²) >= 11 is 0. The highest BCUT2D eigenvalue weighted by Gasteiger charge is 2.22. The van der Waals surface area contributed by atoms with Gasteiger partial charge < -0.3 is 4.98 Å². The van der Waals surface area contributed by atoms with E-state index in [9.17, 15) is 8.42 Å². The summed E-state index contributed by atoms with van der Waals surface area (Å²) in [5.74, 6) is 0.386. The molecule has 24 heavy (non-hydrogen) atoms. The van der Waals surface area contributed by atoms with Crippen LogP contribution in [0.5, 0.6) is 0 Å². The molecule has 0 atom stereocenters. The zero-order valence-corrected chi connectivity index (χ0v) is 14.7. The molecule has 2 aromatic rings. The standard InChI is InChI=1S/C17H24N4O2S/c1-14-2-4-16(5-3-14)12-21-8-6-15(7-9-21)10-20-24(22,23)17-11-18-13-19-17/h2-5,11,13,15,20H,6-10,12H2,1H3,(H,18,19). The van der Waals surface area contributed by atoms with Crippen LogP contribution in [-0.4, -0.2) is 42.9 Å². The molecule has 2 N–H and O–H groups in total. The Kier molecular flexibility index (Phi) is 5.33. The highest BCUT2D eigenvalue weighted by Crippen LogP contribution is 2.19. The largest absolute Gasteiger partial charge is 0.335 e. The third kappa shape index (κ3) is 4.43. The van der Waals surface area contributed by atoms with Crippen molar-refractivity contribution >= 4 is 10.0 Å². The molecule has 1 aromatic heterocycles. The lowest BCUT2D eigenvalue weighted by atomic mass is 9.97. The number of hydrogen-bond donors (Lipinski definition) is 2. The number of piperidine rings is 1. The average molecular weight is 348 g/mol. The molecule has 1 fully saturated rings. The third-order valence-corrected chi connectivity index (χ3v) is 5.91. The van der Waals surface area contributed by atoms with Crippen molar-refractivity contribution in [1.82, 2.24) is 19.6 Å². The van der Waals surface area contributed by atoms with Gasteiger partial charge in [0.25, 0.3) is 10.0 Å². The summed E-state index contributed by atoms with van der Waals surface area (Å²) < 4.78 is 26.8. The van der Waals surface area contributed by atoms with E-state index in [0.29, 0.717) is 12.5 Å². The first-order valence-corrected chi connectivity index (χ1v) is 9.77. The van der Waals surface area contributed by atoms with Gasteiger partial charge in [0.1, 0.15) is 0 Å². The van der Waals surface area contributed by atoms with Gasteiger partial charge in [0.2, 0.25) is 0 Å². The van der Waals surface area contributed by atoms with Gasteiger partial charge >= 0.3 is 0 Å². The van der Waals surface area contributed by atoms with Crippen LogP contribution in [0.25, 0.3) is 0 Å². The first kappa shape index (κ1) is 17.1. The molecule has 1 aliphatic rings. The fraction of sp³-hybridized carbons (Fsp3) is 0.471. The average Bonchev–Trinajstić information content (AvgIpc) is 3.12. The number of aromatic nitrogens is 2. The third-order valence-electron chi connectivity index (χ3n) is 4.56. The Balaban J connectivity index is 1.44. The van der Waals surface area contributed by atoms with Crippen molar-refractivity contribution in [3.8, 4) is 0 Å². The van der Waals surface area contributed by atoms with Gasteiger partial charge in [0.05, 0.1) is 12.5 Å². The lowest BCUT2D eigenvalue weighted by molar-refractivity contribution is 0.178. The molecule has 1 aromatic carbocycles. The summed E-state index contributed by atoms with van der Waals surface area (Å²) in [6.45, 7) is 5.56. The molecule has 1 aliphatic heterocycles. The lowest BCUT2D eigenvalue weighted by Gasteiger charge is -2.32. The van der Waals surface area contributed by atoms with Gasteiger partial charge in [-0.2, -0.15) is 0 Å². The molecule has 0 saturated carbocycles. The van der Waals surface area contributed by atoms with E-state index < -0.39 is 10.0 Å². The molecule has 2 heterocycles. The van der Waals surface area contributed by atoms with E-state index in [4.69, 9.17) is 0 Å². The minimum absolute atomic E-state index is 0.124. The summed E-state index contributed by atoms with van der Waals surface area (Å²) in [4.78, 5) is 8.83. The summed E-state index contributed by atoms with van der Waals surface area (Å²) in [5.41, 5.74) is 2.61. The van der Waals surface area contributed by atoms with Crippen LogP contribution in [0, 0.1) is 12.8 Å². The maximum Gasteiger partial charge on any atom is 0.257 e. The second-order valence-electron chi connectivity index (χ2n) is 6.47. The monoisotopic (exact) mass is 348 g/mol. The molecule has 6 nitrogen and oxygen atoms in total. The first-order valence-electron chi connectivity index (χ1n) is 8.29. The van der Waals surface area contributed by atoms with Crippen molar-refractivity contribution in [2.75, 3.05) is 19.6 Å². The molecular weight excluding hydrogens is 324 g/mol. The molecule has 0 radical (unpaired) electrons. The number of imidazole rings is 1. The van der Waals surface area contributed by atoms with Crippen molar-refractivity contribution in [3.05, 3.63) is 47.9 Å². The van der Waals surface area contributed by atoms with Crippen LogP contribution in [0.15, 0.2) is 41.8 Å². The molecule has 0 aliphatic carbocycles. The zero-order chi connectivity index (χ0) is 17.0. The second kappa shape index (κ2) is 7.46. The van der Waals surface area contributed by atoms with E-state index >= 15 is 0 Å². The maximum absolute atomic E-state index is 12.1. The van der Waals surface area contributed by atoms with Crippen molar-refractivity contribution in [1.29, 1.82) is 0 Å². The number of nitrogens with one attached hydrogen (secondary N) is 2. The predicted molar refractivity (Wildman–Crippen MR) is 93.0 cm³/mol. The molecule has 0 unspecified atom stereocenters. The van der Waals surface area contributed by atoms with Crippen molar-refractivity contribution < 1.29 is 8.42 Å².